The van der Waals surface area contributed by atoms with E-state index in [0.717, 1.165) is 25.1 Å². The number of piperidine rings is 1. The topological polar surface area (TPSA) is 61.8 Å². The molecule has 1 fully saturated rings. The van der Waals surface area contributed by atoms with Crippen LogP contribution >= 0.6 is 11.3 Å². The van der Waals surface area contributed by atoms with Gasteiger partial charge in [-0.15, -0.1) is 0 Å². The highest BCUT2D eigenvalue weighted by Crippen LogP contribution is 2.23. The van der Waals surface area contributed by atoms with E-state index in [4.69, 9.17) is 5.73 Å². The Kier molecular flexibility index (Phi) is 4.47. The van der Waals surface area contributed by atoms with Gasteiger partial charge in [-0.1, -0.05) is 6.92 Å². The number of guanidine groups is 1. The third-order valence-electron chi connectivity index (χ3n) is 3.67. The number of nitrogens with zero attached hydrogens (tertiary/aromatic N) is 2. The van der Waals surface area contributed by atoms with Gasteiger partial charge in [0, 0.05) is 13.1 Å². The molecule has 1 aromatic heterocycles. The maximum absolute atomic E-state index is 10.4. The predicted molar refractivity (Wildman–Crippen MR) is 80.4 cm³/mol. The Hall–Kier alpha value is -1.07. The van der Waals surface area contributed by atoms with Gasteiger partial charge in [0.05, 0.1) is 6.54 Å². The van der Waals surface area contributed by atoms with E-state index >= 15 is 0 Å². The normalized spacial score (nSPS) is 24.3. The molecular formula is C14H23N3OS. The summed E-state index contributed by atoms with van der Waals surface area (Å²) in [5, 5.41) is 14.3. The monoisotopic (exact) mass is 281 g/mol. The van der Waals surface area contributed by atoms with Crippen molar-refractivity contribution in [1.29, 1.82) is 0 Å². The largest absolute Gasteiger partial charge is 0.383 e. The van der Waals surface area contributed by atoms with Crippen LogP contribution in [0.15, 0.2) is 21.8 Å². The molecule has 1 saturated heterocycles. The van der Waals surface area contributed by atoms with Gasteiger partial charge < -0.3 is 15.7 Å². The summed E-state index contributed by atoms with van der Waals surface area (Å²) in [6, 6.07) is 1.93. The fourth-order valence-electron chi connectivity index (χ4n) is 2.39. The minimum atomic E-state index is -0.938. The van der Waals surface area contributed by atoms with Gasteiger partial charge in [-0.2, -0.15) is 11.3 Å². The molecule has 4 nitrogen and oxygen atoms in total. The average molecular weight is 281 g/mol. The number of hydrogen-bond acceptors (Lipinski definition) is 3. The number of thiophene rings is 1. The second kappa shape index (κ2) is 5.92. The average Bonchev–Trinajstić information content (AvgIpc) is 2.90. The smallest absolute Gasteiger partial charge is 0.191 e. The zero-order valence-electron chi connectivity index (χ0n) is 11.7. The summed E-state index contributed by atoms with van der Waals surface area (Å²) < 4.78 is 0. The number of rotatable bonds is 3. The molecule has 0 bridgehead atoms. The number of likely N-dealkylation sites (tertiary alicyclic amines) is 1. The van der Waals surface area contributed by atoms with E-state index in [1.54, 1.807) is 18.3 Å². The van der Waals surface area contributed by atoms with Crippen LogP contribution in [-0.2, 0) is 5.60 Å². The molecule has 0 aliphatic carbocycles. The van der Waals surface area contributed by atoms with Crippen molar-refractivity contribution in [3.63, 3.8) is 0 Å². The van der Waals surface area contributed by atoms with E-state index in [0.29, 0.717) is 18.4 Å². The summed E-state index contributed by atoms with van der Waals surface area (Å²) in [6.07, 6.45) is 2.43. The number of aliphatic imine (C=N–C) groups is 1. The van der Waals surface area contributed by atoms with Crippen LogP contribution in [0.5, 0.6) is 0 Å². The molecule has 2 unspecified atom stereocenters. The molecule has 5 heteroatoms. The first-order chi connectivity index (χ1) is 8.99. The summed E-state index contributed by atoms with van der Waals surface area (Å²) in [7, 11) is 0. The molecular weight excluding hydrogens is 258 g/mol. The molecule has 1 aromatic rings. The van der Waals surface area contributed by atoms with Crippen molar-refractivity contribution >= 4 is 17.3 Å². The maximum atomic E-state index is 10.4. The Morgan fingerprint density at radius 1 is 1.68 bits per heavy atom. The van der Waals surface area contributed by atoms with Gasteiger partial charge in [-0.25, -0.2) is 4.99 Å². The van der Waals surface area contributed by atoms with Crippen molar-refractivity contribution in [2.24, 2.45) is 16.6 Å². The van der Waals surface area contributed by atoms with E-state index in [1.807, 2.05) is 16.8 Å². The van der Waals surface area contributed by atoms with Gasteiger partial charge in [0.15, 0.2) is 5.96 Å². The Morgan fingerprint density at radius 3 is 3.11 bits per heavy atom. The molecule has 0 spiro atoms. The molecule has 0 saturated carbocycles. The van der Waals surface area contributed by atoms with Crippen LogP contribution in [-0.4, -0.2) is 35.6 Å². The Labute approximate surface area is 119 Å². The van der Waals surface area contributed by atoms with Crippen LogP contribution in [0.4, 0.5) is 0 Å². The van der Waals surface area contributed by atoms with Gasteiger partial charge in [-0.3, -0.25) is 0 Å². The van der Waals surface area contributed by atoms with E-state index in [2.05, 4.69) is 16.8 Å². The predicted octanol–water partition coefficient (Wildman–Crippen LogP) is 2.00. The maximum Gasteiger partial charge on any atom is 0.191 e. The first-order valence-electron chi connectivity index (χ1n) is 6.79. The summed E-state index contributed by atoms with van der Waals surface area (Å²) >= 11 is 1.58. The van der Waals surface area contributed by atoms with Crippen LogP contribution in [0, 0.1) is 5.92 Å². The van der Waals surface area contributed by atoms with Crippen LogP contribution in [0.25, 0.3) is 0 Å². The molecule has 1 aliphatic rings. The van der Waals surface area contributed by atoms with Crippen molar-refractivity contribution in [2.45, 2.75) is 32.3 Å². The highest BCUT2D eigenvalue weighted by atomic mass is 32.1. The van der Waals surface area contributed by atoms with Gasteiger partial charge in [0.2, 0.25) is 0 Å². The molecule has 19 heavy (non-hydrogen) atoms. The quantitative estimate of drug-likeness (QED) is 0.658. The summed E-state index contributed by atoms with van der Waals surface area (Å²) in [5.41, 5.74) is 6.00. The van der Waals surface area contributed by atoms with Gasteiger partial charge >= 0.3 is 0 Å². The second-order valence-electron chi connectivity index (χ2n) is 5.65. The Bertz CT molecular complexity index is 428. The van der Waals surface area contributed by atoms with E-state index < -0.39 is 5.60 Å². The fourth-order valence-corrected chi connectivity index (χ4v) is 3.18. The molecule has 3 N–H and O–H groups in total. The van der Waals surface area contributed by atoms with Crippen molar-refractivity contribution < 1.29 is 5.11 Å². The highest BCUT2D eigenvalue weighted by molar-refractivity contribution is 7.08. The summed E-state index contributed by atoms with van der Waals surface area (Å²) in [6.45, 7) is 6.27. The van der Waals surface area contributed by atoms with Gasteiger partial charge in [0.25, 0.3) is 0 Å². The number of hydrogen-bond donors (Lipinski definition) is 2. The van der Waals surface area contributed by atoms with Crippen molar-refractivity contribution in [3.05, 3.63) is 22.4 Å². The molecule has 0 amide bonds. The molecule has 106 valence electrons. The fraction of sp³-hybridized carbons (Fsp3) is 0.643. The minimum absolute atomic E-state index is 0.306. The Balaban J connectivity index is 1.97. The lowest BCUT2D eigenvalue weighted by Crippen LogP contribution is -2.44. The molecule has 1 aliphatic heterocycles. The lowest BCUT2D eigenvalue weighted by molar-refractivity contribution is 0.0674. The van der Waals surface area contributed by atoms with Crippen LogP contribution < -0.4 is 5.73 Å². The molecule has 0 aromatic carbocycles. The molecule has 2 heterocycles. The molecule has 2 rings (SSSR count). The first kappa shape index (κ1) is 14.3. The Morgan fingerprint density at radius 2 is 2.47 bits per heavy atom. The van der Waals surface area contributed by atoms with E-state index in [-0.39, 0.29) is 0 Å². The zero-order valence-corrected chi connectivity index (χ0v) is 12.5. The van der Waals surface area contributed by atoms with Gasteiger partial charge in [0.1, 0.15) is 5.60 Å². The van der Waals surface area contributed by atoms with Crippen LogP contribution in [0.3, 0.4) is 0 Å². The summed E-state index contributed by atoms with van der Waals surface area (Å²) in [5.74, 6) is 1.22. The van der Waals surface area contributed by atoms with E-state index in [9.17, 15) is 5.11 Å². The lowest BCUT2D eigenvalue weighted by atomic mass is 9.99. The second-order valence-corrected chi connectivity index (χ2v) is 6.43. The van der Waals surface area contributed by atoms with E-state index in [1.165, 1.54) is 6.42 Å². The van der Waals surface area contributed by atoms with Gasteiger partial charge in [-0.05, 0) is 48.1 Å². The van der Waals surface area contributed by atoms with Crippen molar-refractivity contribution in [1.82, 2.24) is 4.90 Å². The van der Waals surface area contributed by atoms with Crippen LogP contribution in [0.1, 0.15) is 32.3 Å². The zero-order chi connectivity index (χ0) is 13.9. The number of nitrogens with two attached hydrogens (primary N) is 1. The van der Waals surface area contributed by atoms with Crippen molar-refractivity contribution in [3.8, 4) is 0 Å². The third kappa shape index (κ3) is 3.70. The first-order valence-corrected chi connectivity index (χ1v) is 7.73. The molecule has 0 radical (unpaired) electrons. The number of aliphatic hydroxyl groups is 1. The summed E-state index contributed by atoms with van der Waals surface area (Å²) in [4.78, 5) is 6.51. The third-order valence-corrected chi connectivity index (χ3v) is 4.36. The minimum Gasteiger partial charge on any atom is -0.383 e. The molecule has 2 atom stereocenters. The highest BCUT2D eigenvalue weighted by Gasteiger charge is 2.24. The standard InChI is InChI=1S/C14H23N3OS/c1-11-4-3-6-17(8-11)13(15)16-10-14(2,18)12-5-7-19-9-12/h5,7,9,11,18H,3-4,6,8,10H2,1-2H3,(H2,15,16). The van der Waals surface area contributed by atoms with Crippen molar-refractivity contribution in [2.75, 3.05) is 19.6 Å². The SMILES string of the molecule is CC1CCCN(C(N)=NCC(C)(O)c2ccsc2)C1. The van der Waals surface area contributed by atoms with Crippen LogP contribution in [0.2, 0.25) is 0 Å². The lowest BCUT2D eigenvalue weighted by Gasteiger charge is -2.32.